The highest BCUT2D eigenvalue weighted by molar-refractivity contribution is 6.30. The monoisotopic (exact) mass is 267 g/mol. The highest BCUT2D eigenvalue weighted by Crippen LogP contribution is 2.47. The lowest BCUT2D eigenvalue weighted by Gasteiger charge is -2.15. The van der Waals surface area contributed by atoms with Crippen molar-refractivity contribution in [3.63, 3.8) is 0 Å². The molecule has 2 N–H and O–H groups in total. The Kier molecular flexibility index (Phi) is 3.93. The predicted molar refractivity (Wildman–Crippen MR) is 71.9 cm³/mol. The van der Waals surface area contributed by atoms with E-state index in [1.54, 1.807) is 18.2 Å². The average Bonchev–Trinajstić information content (AvgIpc) is 3.07. The summed E-state index contributed by atoms with van der Waals surface area (Å²) in [5.74, 6) is -0.0617. The number of hydrogen-bond donors (Lipinski definition) is 2. The molecule has 18 heavy (non-hydrogen) atoms. The molecule has 0 heterocycles. The molecule has 0 radical (unpaired) electrons. The zero-order valence-electron chi connectivity index (χ0n) is 10.5. The first-order valence-electron chi connectivity index (χ1n) is 6.22. The van der Waals surface area contributed by atoms with Crippen molar-refractivity contribution in [3.8, 4) is 0 Å². The van der Waals surface area contributed by atoms with Crippen LogP contribution in [0.3, 0.4) is 0 Å². The Morgan fingerprint density at radius 2 is 2.22 bits per heavy atom. The minimum Gasteiger partial charge on any atom is -0.396 e. The number of rotatable bonds is 5. The Morgan fingerprint density at radius 1 is 1.50 bits per heavy atom. The van der Waals surface area contributed by atoms with E-state index in [-0.39, 0.29) is 17.9 Å². The number of aliphatic hydroxyl groups excluding tert-OH is 1. The second-order valence-electron chi connectivity index (χ2n) is 5.12. The van der Waals surface area contributed by atoms with E-state index in [4.69, 9.17) is 16.7 Å². The molecule has 1 aromatic carbocycles. The maximum Gasteiger partial charge on any atom is 0.251 e. The summed E-state index contributed by atoms with van der Waals surface area (Å²) in [7, 11) is 0. The molecular weight excluding hydrogens is 250 g/mol. The van der Waals surface area contributed by atoms with Crippen molar-refractivity contribution in [1.82, 2.24) is 5.32 Å². The number of amides is 1. The third-order valence-electron chi connectivity index (χ3n) is 3.66. The minimum absolute atomic E-state index is 0.0617. The quantitative estimate of drug-likeness (QED) is 0.861. The molecule has 3 nitrogen and oxygen atoms in total. The van der Waals surface area contributed by atoms with Gasteiger partial charge < -0.3 is 10.4 Å². The molecular formula is C14H18ClNO2. The first-order chi connectivity index (χ1) is 8.56. The number of carbonyl (C=O) groups excluding carboxylic acids is 1. The SMILES string of the molecule is Cc1cc(Cl)ccc1C(=O)NCC1(CCO)CC1. The standard InChI is InChI=1S/C14H18ClNO2/c1-10-8-11(15)2-3-12(10)13(18)16-9-14(4-5-14)6-7-17/h2-3,8,17H,4-7,9H2,1H3,(H,16,18). The third-order valence-corrected chi connectivity index (χ3v) is 3.89. The van der Waals surface area contributed by atoms with Crippen molar-refractivity contribution >= 4 is 17.5 Å². The van der Waals surface area contributed by atoms with Gasteiger partial charge in [0.1, 0.15) is 0 Å². The summed E-state index contributed by atoms with van der Waals surface area (Å²) in [6.45, 7) is 2.71. The molecule has 0 bridgehead atoms. The Bertz CT molecular complexity index is 455. The molecule has 1 aliphatic rings. The summed E-state index contributed by atoms with van der Waals surface area (Å²) >= 11 is 5.86. The summed E-state index contributed by atoms with van der Waals surface area (Å²) in [6, 6.07) is 5.26. The van der Waals surface area contributed by atoms with E-state index < -0.39 is 0 Å². The van der Waals surface area contributed by atoms with Crippen molar-refractivity contribution in [1.29, 1.82) is 0 Å². The topological polar surface area (TPSA) is 49.3 Å². The van der Waals surface area contributed by atoms with E-state index in [1.807, 2.05) is 6.92 Å². The second kappa shape index (κ2) is 5.29. The highest BCUT2D eigenvalue weighted by Gasteiger charge is 2.41. The lowest BCUT2D eigenvalue weighted by atomic mass is 10.0. The lowest BCUT2D eigenvalue weighted by molar-refractivity contribution is 0.0940. The van der Waals surface area contributed by atoms with Crippen LogP contribution in [-0.2, 0) is 0 Å². The Balaban J connectivity index is 1.96. The summed E-state index contributed by atoms with van der Waals surface area (Å²) < 4.78 is 0. The van der Waals surface area contributed by atoms with Gasteiger partial charge in [-0.25, -0.2) is 0 Å². The van der Waals surface area contributed by atoms with Crippen LogP contribution >= 0.6 is 11.6 Å². The molecule has 1 aromatic rings. The summed E-state index contributed by atoms with van der Waals surface area (Å²) in [6.07, 6.45) is 2.95. The molecule has 0 saturated heterocycles. The summed E-state index contributed by atoms with van der Waals surface area (Å²) in [5.41, 5.74) is 1.69. The van der Waals surface area contributed by atoms with Crippen LogP contribution in [0.1, 0.15) is 35.2 Å². The first kappa shape index (κ1) is 13.4. The molecule has 1 amide bonds. The second-order valence-corrected chi connectivity index (χ2v) is 5.55. The van der Waals surface area contributed by atoms with Gasteiger partial charge in [0.05, 0.1) is 0 Å². The van der Waals surface area contributed by atoms with Crippen LogP contribution in [-0.4, -0.2) is 24.2 Å². The number of nitrogens with one attached hydrogen (secondary N) is 1. The number of benzene rings is 1. The van der Waals surface area contributed by atoms with Crippen LogP contribution in [0.15, 0.2) is 18.2 Å². The largest absolute Gasteiger partial charge is 0.396 e. The van der Waals surface area contributed by atoms with Gasteiger partial charge >= 0.3 is 0 Å². The van der Waals surface area contributed by atoms with E-state index in [1.165, 1.54) is 0 Å². The fraction of sp³-hybridized carbons (Fsp3) is 0.500. The predicted octanol–water partition coefficient (Wildman–Crippen LogP) is 2.54. The molecule has 1 aliphatic carbocycles. The smallest absolute Gasteiger partial charge is 0.251 e. The highest BCUT2D eigenvalue weighted by atomic mass is 35.5. The van der Waals surface area contributed by atoms with Gasteiger partial charge in [-0.1, -0.05) is 11.6 Å². The van der Waals surface area contributed by atoms with Crippen molar-refractivity contribution in [2.45, 2.75) is 26.2 Å². The zero-order valence-corrected chi connectivity index (χ0v) is 11.3. The van der Waals surface area contributed by atoms with Crippen molar-refractivity contribution < 1.29 is 9.90 Å². The van der Waals surface area contributed by atoms with Gasteiger partial charge in [0.15, 0.2) is 0 Å². The molecule has 0 atom stereocenters. The molecule has 0 spiro atoms. The van der Waals surface area contributed by atoms with Crippen molar-refractivity contribution in [3.05, 3.63) is 34.3 Å². The number of hydrogen-bond acceptors (Lipinski definition) is 2. The van der Waals surface area contributed by atoms with E-state index in [2.05, 4.69) is 5.32 Å². The van der Waals surface area contributed by atoms with Gasteiger partial charge in [0.25, 0.3) is 5.91 Å². The molecule has 98 valence electrons. The van der Waals surface area contributed by atoms with E-state index >= 15 is 0 Å². The van der Waals surface area contributed by atoms with Crippen molar-refractivity contribution in [2.75, 3.05) is 13.2 Å². The normalized spacial score (nSPS) is 16.4. The molecule has 4 heteroatoms. The molecule has 0 unspecified atom stereocenters. The molecule has 2 rings (SSSR count). The number of halogens is 1. The van der Waals surface area contributed by atoms with Gasteiger partial charge in [-0.2, -0.15) is 0 Å². The number of aryl methyl sites for hydroxylation is 1. The summed E-state index contributed by atoms with van der Waals surface area (Å²) in [5, 5.41) is 12.6. The van der Waals surface area contributed by atoms with Crippen LogP contribution in [0.5, 0.6) is 0 Å². The van der Waals surface area contributed by atoms with Gasteiger partial charge in [0.2, 0.25) is 0 Å². The third kappa shape index (κ3) is 3.03. The van der Waals surface area contributed by atoms with E-state index in [0.29, 0.717) is 17.1 Å². The molecule has 1 fully saturated rings. The van der Waals surface area contributed by atoms with Gasteiger partial charge in [-0.15, -0.1) is 0 Å². The van der Waals surface area contributed by atoms with Crippen LogP contribution in [0.4, 0.5) is 0 Å². The van der Waals surface area contributed by atoms with Crippen LogP contribution in [0.2, 0.25) is 5.02 Å². The maximum absolute atomic E-state index is 12.0. The molecule has 0 aromatic heterocycles. The van der Waals surface area contributed by atoms with Crippen LogP contribution < -0.4 is 5.32 Å². The number of aliphatic hydroxyl groups is 1. The molecule has 0 aliphatic heterocycles. The Hall–Kier alpha value is -1.06. The maximum atomic E-state index is 12.0. The molecule has 1 saturated carbocycles. The zero-order chi connectivity index (χ0) is 13.2. The lowest BCUT2D eigenvalue weighted by Crippen LogP contribution is -2.31. The number of carbonyl (C=O) groups is 1. The van der Waals surface area contributed by atoms with Crippen molar-refractivity contribution in [2.24, 2.45) is 5.41 Å². The van der Waals surface area contributed by atoms with Crippen LogP contribution in [0, 0.1) is 12.3 Å². The summed E-state index contributed by atoms with van der Waals surface area (Å²) in [4.78, 5) is 12.0. The first-order valence-corrected chi connectivity index (χ1v) is 6.59. The fourth-order valence-electron chi connectivity index (χ4n) is 2.17. The average molecular weight is 268 g/mol. The van der Waals surface area contributed by atoms with E-state index in [9.17, 15) is 4.79 Å². The Morgan fingerprint density at radius 3 is 2.78 bits per heavy atom. The van der Waals surface area contributed by atoms with E-state index in [0.717, 1.165) is 24.8 Å². The van der Waals surface area contributed by atoms with Crippen LogP contribution in [0.25, 0.3) is 0 Å². The van der Waals surface area contributed by atoms with Gasteiger partial charge in [-0.05, 0) is 55.4 Å². The minimum atomic E-state index is -0.0617. The fourth-order valence-corrected chi connectivity index (χ4v) is 2.40. The Labute approximate surface area is 112 Å². The van der Waals surface area contributed by atoms with Gasteiger partial charge in [0, 0.05) is 23.7 Å². The van der Waals surface area contributed by atoms with Gasteiger partial charge in [-0.3, -0.25) is 4.79 Å².